The molecule has 2 amide bonds. The van der Waals surface area contributed by atoms with E-state index in [1.54, 1.807) is 30.3 Å². The van der Waals surface area contributed by atoms with Crippen molar-refractivity contribution < 1.29 is 19.1 Å². The number of amides is 2. The van der Waals surface area contributed by atoms with E-state index in [0.29, 0.717) is 11.1 Å². The molecule has 0 saturated heterocycles. The molecule has 0 aliphatic rings. The highest BCUT2D eigenvalue weighted by atomic mass is 35.5. The number of hydrogen-bond donors (Lipinski definition) is 4. The van der Waals surface area contributed by atoms with Crippen molar-refractivity contribution in [2.24, 2.45) is 5.73 Å². The summed E-state index contributed by atoms with van der Waals surface area (Å²) >= 11 is 0. The zero-order valence-electron chi connectivity index (χ0n) is 20.5. The van der Waals surface area contributed by atoms with Crippen LogP contribution < -0.4 is 16.4 Å². The molecule has 0 fully saturated rings. The van der Waals surface area contributed by atoms with Crippen LogP contribution in [-0.4, -0.2) is 30.7 Å². The van der Waals surface area contributed by atoms with Gasteiger partial charge in [0.1, 0.15) is 5.84 Å². The Hall–Kier alpha value is -4.17. The van der Waals surface area contributed by atoms with Gasteiger partial charge in [-0.1, -0.05) is 45.0 Å². The third kappa shape index (κ3) is 6.70. The molecule has 0 saturated carbocycles. The maximum atomic E-state index is 13.0. The molecule has 0 radical (unpaired) electrons. The number of amidine groups is 1. The molecule has 0 aliphatic carbocycles. The van der Waals surface area contributed by atoms with E-state index < -0.39 is 17.8 Å². The Morgan fingerprint density at radius 1 is 0.778 bits per heavy atom. The molecule has 0 spiro atoms. The molecule has 188 valence electrons. The van der Waals surface area contributed by atoms with Crippen molar-refractivity contribution in [3.8, 4) is 0 Å². The lowest BCUT2D eigenvalue weighted by Gasteiger charge is -2.19. The summed E-state index contributed by atoms with van der Waals surface area (Å²) in [5.41, 5.74) is 8.40. The van der Waals surface area contributed by atoms with Crippen LogP contribution in [0, 0.1) is 5.41 Å². The van der Waals surface area contributed by atoms with Gasteiger partial charge in [-0.05, 0) is 53.4 Å². The molecule has 3 aromatic carbocycles. The summed E-state index contributed by atoms with van der Waals surface area (Å²) in [7, 11) is 1.26. The first-order valence-corrected chi connectivity index (χ1v) is 10.9. The van der Waals surface area contributed by atoms with E-state index >= 15 is 0 Å². The van der Waals surface area contributed by atoms with E-state index in [9.17, 15) is 14.4 Å². The summed E-state index contributed by atoms with van der Waals surface area (Å²) in [4.78, 5) is 37.9. The van der Waals surface area contributed by atoms with Gasteiger partial charge in [0.2, 0.25) is 0 Å². The third-order valence-electron chi connectivity index (χ3n) is 5.39. The molecule has 8 nitrogen and oxygen atoms in total. The van der Waals surface area contributed by atoms with E-state index in [2.05, 4.69) is 31.4 Å². The van der Waals surface area contributed by atoms with Crippen LogP contribution in [-0.2, 0) is 10.2 Å². The molecular formula is C27H29ClN4O4. The predicted molar refractivity (Wildman–Crippen MR) is 144 cm³/mol. The van der Waals surface area contributed by atoms with Gasteiger partial charge in [0.15, 0.2) is 0 Å². The van der Waals surface area contributed by atoms with Crippen LogP contribution in [0.5, 0.6) is 0 Å². The van der Waals surface area contributed by atoms with Crippen molar-refractivity contribution in [3.05, 3.63) is 94.5 Å². The SMILES string of the molecule is COC(=O)c1ccc(NC(=O)c2cccc(C(=N)N)c2)c(NC(=O)c2ccc(C(C)(C)C)cc2)c1.Cl. The number of carbonyl (C=O) groups excluding carboxylic acids is 3. The van der Waals surface area contributed by atoms with Crippen molar-refractivity contribution >= 4 is 47.4 Å². The highest BCUT2D eigenvalue weighted by Gasteiger charge is 2.18. The summed E-state index contributed by atoms with van der Waals surface area (Å²) in [5, 5.41) is 13.1. The molecule has 0 bridgehead atoms. The highest BCUT2D eigenvalue weighted by molar-refractivity contribution is 6.11. The number of nitrogen functional groups attached to an aromatic ring is 1. The minimum atomic E-state index is -0.581. The first-order valence-electron chi connectivity index (χ1n) is 10.9. The number of nitrogens with one attached hydrogen (secondary N) is 3. The molecule has 0 unspecified atom stereocenters. The maximum Gasteiger partial charge on any atom is 0.337 e. The summed E-state index contributed by atoms with van der Waals surface area (Å²) in [5.74, 6) is -1.61. The van der Waals surface area contributed by atoms with Gasteiger partial charge in [0.25, 0.3) is 11.8 Å². The summed E-state index contributed by atoms with van der Waals surface area (Å²) < 4.78 is 4.78. The van der Waals surface area contributed by atoms with Crippen LogP contribution >= 0.6 is 12.4 Å². The smallest absolute Gasteiger partial charge is 0.337 e. The number of carbonyl (C=O) groups is 3. The Bertz CT molecular complexity index is 1300. The van der Waals surface area contributed by atoms with Crippen LogP contribution in [0.4, 0.5) is 11.4 Å². The topological polar surface area (TPSA) is 134 Å². The predicted octanol–water partition coefficient (Wildman–Crippen LogP) is 4.98. The fourth-order valence-electron chi connectivity index (χ4n) is 3.34. The molecule has 3 rings (SSSR count). The lowest BCUT2D eigenvalue weighted by atomic mass is 9.87. The van der Waals surface area contributed by atoms with Crippen LogP contribution in [0.15, 0.2) is 66.7 Å². The monoisotopic (exact) mass is 508 g/mol. The highest BCUT2D eigenvalue weighted by Crippen LogP contribution is 2.26. The van der Waals surface area contributed by atoms with Crippen LogP contribution in [0.2, 0.25) is 0 Å². The second-order valence-electron chi connectivity index (χ2n) is 8.98. The van der Waals surface area contributed by atoms with Gasteiger partial charge in [0.05, 0.1) is 24.0 Å². The Kier molecular flexibility index (Phi) is 8.97. The van der Waals surface area contributed by atoms with Gasteiger partial charge < -0.3 is 21.1 Å². The molecule has 0 aliphatic heterocycles. The number of hydrogen-bond acceptors (Lipinski definition) is 5. The van der Waals surface area contributed by atoms with Gasteiger partial charge in [-0.2, -0.15) is 0 Å². The van der Waals surface area contributed by atoms with Gasteiger partial charge in [0, 0.05) is 16.7 Å². The summed E-state index contributed by atoms with van der Waals surface area (Å²) in [6, 6.07) is 18.0. The maximum absolute atomic E-state index is 13.0. The minimum Gasteiger partial charge on any atom is -0.465 e. The normalized spacial score (nSPS) is 10.6. The Morgan fingerprint density at radius 2 is 1.33 bits per heavy atom. The zero-order valence-corrected chi connectivity index (χ0v) is 21.3. The Morgan fingerprint density at radius 3 is 1.92 bits per heavy atom. The number of esters is 1. The lowest BCUT2D eigenvalue weighted by Crippen LogP contribution is -2.19. The molecule has 0 aromatic heterocycles. The average Bonchev–Trinajstić information content (AvgIpc) is 2.84. The zero-order chi connectivity index (χ0) is 25.8. The molecular weight excluding hydrogens is 480 g/mol. The quantitative estimate of drug-likeness (QED) is 0.211. The average molecular weight is 509 g/mol. The van der Waals surface area contributed by atoms with Crippen LogP contribution in [0.25, 0.3) is 0 Å². The van der Waals surface area contributed by atoms with E-state index in [1.807, 2.05) is 12.1 Å². The molecule has 5 N–H and O–H groups in total. The summed E-state index contributed by atoms with van der Waals surface area (Å²) in [6.45, 7) is 6.25. The van der Waals surface area contributed by atoms with Crippen molar-refractivity contribution in [2.75, 3.05) is 17.7 Å². The number of benzene rings is 3. The number of anilines is 2. The first kappa shape index (κ1) is 28.1. The molecule has 0 atom stereocenters. The van der Waals surface area contributed by atoms with Gasteiger partial charge in [-0.25, -0.2) is 4.79 Å². The van der Waals surface area contributed by atoms with E-state index in [0.717, 1.165) is 5.56 Å². The number of nitrogens with two attached hydrogens (primary N) is 1. The number of halogens is 1. The second kappa shape index (κ2) is 11.5. The molecule has 9 heteroatoms. The van der Waals surface area contributed by atoms with E-state index in [-0.39, 0.29) is 46.2 Å². The number of rotatable bonds is 6. The molecule has 36 heavy (non-hydrogen) atoms. The third-order valence-corrected chi connectivity index (χ3v) is 5.39. The number of ether oxygens (including phenoxy) is 1. The standard InChI is InChI=1S/C27H28N4O4.ClH/c1-27(2,3)20-11-8-16(9-12-20)24(32)31-22-15-19(26(34)35-4)10-13-21(22)30-25(33)18-7-5-6-17(14-18)23(28)29;/h5-15H,1-4H3,(H3,28,29)(H,30,33)(H,31,32);1H. The van der Waals surface area contributed by atoms with Crippen molar-refractivity contribution in [1.29, 1.82) is 5.41 Å². The Balaban J connectivity index is 0.00000456. The van der Waals surface area contributed by atoms with Gasteiger partial charge >= 0.3 is 5.97 Å². The molecule has 0 heterocycles. The molecule has 3 aromatic rings. The fraction of sp³-hybridized carbons (Fsp3) is 0.185. The van der Waals surface area contributed by atoms with Crippen LogP contribution in [0.1, 0.15) is 63.0 Å². The first-order chi connectivity index (χ1) is 16.5. The van der Waals surface area contributed by atoms with Crippen molar-refractivity contribution in [3.63, 3.8) is 0 Å². The summed E-state index contributed by atoms with van der Waals surface area (Å²) in [6.07, 6.45) is 0. The van der Waals surface area contributed by atoms with E-state index in [1.165, 1.54) is 31.4 Å². The van der Waals surface area contributed by atoms with Gasteiger partial charge in [-0.15, -0.1) is 12.4 Å². The lowest BCUT2D eigenvalue weighted by molar-refractivity contribution is 0.0600. The minimum absolute atomic E-state index is 0. The van der Waals surface area contributed by atoms with Crippen molar-refractivity contribution in [1.82, 2.24) is 0 Å². The number of methoxy groups -OCH3 is 1. The van der Waals surface area contributed by atoms with E-state index in [4.69, 9.17) is 15.9 Å². The largest absolute Gasteiger partial charge is 0.465 e. The fourth-order valence-corrected chi connectivity index (χ4v) is 3.34. The second-order valence-corrected chi connectivity index (χ2v) is 8.98. The Labute approximate surface area is 216 Å². The van der Waals surface area contributed by atoms with Crippen LogP contribution in [0.3, 0.4) is 0 Å². The van der Waals surface area contributed by atoms with Crippen molar-refractivity contribution in [2.45, 2.75) is 26.2 Å². The van der Waals surface area contributed by atoms with Gasteiger partial charge in [-0.3, -0.25) is 15.0 Å².